The number of nitrogens with one attached hydrogen (secondary N) is 2. The third-order valence-corrected chi connectivity index (χ3v) is 3.60. The molecular weight excluding hydrogens is 340 g/mol. The Morgan fingerprint density at radius 3 is 2.84 bits per heavy atom. The molecule has 0 atom stereocenters. The fourth-order valence-corrected chi connectivity index (χ4v) is 2.25. The molecule has 0 aliphatic rings. The number of nitrogens with zero attached hydrogens (tertiary/aromatic N) is 2. The third kappa shape index (κ3) is 6.66. The van der Waals surface area contributed by atoms with Crippen molar-refractivity contribution in [1.29, 1.82) is 0 Å². The minimum Gasteiger partial charge on any atom is -0.492 e. The summed E-state index contributed by atoms with van der Waals surface area (Å²) in [6.07, 6.45) is 0. The summed E-state index contributed by atoms with van der Waals surface area (Å²) >= 11 is 5.93. The Morgan fingerprint density at radius 1 is 1.32 bits per heavy atom. The van der Waals surface area contributed by atoms with Crippen LogP contribution in [0.3, 0.4) is 0 Å². The van der Waals surface area contributed by atoms with E-state index in [9.17, 15) is 0 Å². The maximum Gasteiger partial charge on any atom is 0.191 e. The Bertz CT molecular complexity index is 685. The molecule has 0 spiro atoms. The number of hydrogen-bond donors (Lipinski definition) is 2. The molecule has 1 aromatic heterocycles. The number of aliphatic imine (C=N–C) groups is 1. The predicted octanol–water partition coefficient (Wildman–Crippen LogP) is 3.59. The highest BCUT2D eigenvalue weighted by atomic mass is 35.5. The molecule has 7 heteroatoms. The highest BCUT2D eigenvalue weighted by molar-refractivity contribution is 6.30. The number of hydrogen-bond acceptors (Lipinski definition) is 4. The van der Waals surface area contributed by atoms with Crippen molar-refractivity contribution in [1.82, 2.24) is 15.8 Å². The summed E-state index contributed by atoms with van der Waals surface area (Å²) < 4.78 is 10.9. The van der Waals surface area contributed by atoms with E-state index in [1.807, 2.05) is 31.2 Å². The summed E-state index contributed by atoms with van der Waals surface area (Å²) in [7, 11) is 0. The summed E-state index contributed by atoms with van der Waals surface area (Å²) in [6.45, 7) is 8.51. The Labute approximate surface area is 153 Å². The summed E-state index contributed by atoms with van der Waals surface area (Å²) in [5.74, 6) is 2.55. The molecule has 2 rings (SSSR count). The second-order valence-corrected chi connectivity index (χ2v) is 6.24. The summed E-state index contributed by atoms with van der Waals surface area (Å²) in [5, 5.41) is 11.1. The van der Waals surface area contributed by atoms with Crippen LogP contribution >= 0.6 is 11.6 Å². The quantitative estimate of drug-likeness (QED) is 0.425. The van der Waals surface area contributed by atoms with E-state index >= 15 is 0 Å². The van der Waals surface area contributed by atoms with Crippen LogP contribution in [0.2, 0.25) is 5.02 Å². The van der Waals surface area contributed by atoms with Gasteiger partial charge in [0.15, 0.2) is 11.7 Å². The molecule has 1 aromatic carbocycles. The molecule has 25 heavy (non-hydrogen) atoms. The molecule has 0 fully saturated rings. The van der Waals surface area contributed by atoms with E-state index in [4.69, 9.17) is 20.9 Å². The van der Waals surface area contributed by atoms with Gasteiger partial charge >= 0.3 is 0 Å². The topological polar surface area (TPSA) is 71.7 Å². The largest absolute Gasteiger partial charge is 0.492 e. The van der Waals surface area contributed by atoms with E-state index in [0.29, 0.717) is 36.6 Å². The van der Waals surface area contributed by atoms with Crippen LogP contribution < -0.4 is 15.4 Å². The lowest BCUT2D eigenvalue weighted by atomic mass is 10.1. The second kappa shape index (κ2) is 9.93. The van der Waals surface area contributed by atoms with Gasteiger partial charge in [-0.1, -0.05) is 36.7 Å². The van der Waals surface area contributed by atoms with Crippen LogP contribution in [-0.4, -0.2) is 30.8 Å². The minimum atomic E-state index is 0.344. The summed E-state index contributed by atoms with van der Waals surface area (Å²) in [5.41, 5.74) is 0.943. The minimum absolute atomic E-state index is 0.344. The molecule has 136 valence electrons. The van der Waals surface area contributed by atoms with Crippen molar-refractivity contribution in [2.75, 3.05) is 19.7 Å². The van der Waals surface area contributed by atoms with Crippen LogP contribution in [-0.2, 0) is 6.54 Å². The molecule has 0 aliphatic carbocycles. The van der Waals surface area contributed by atoms with Crippen LogP contribution in [0.5, 0.6) is 5.75 Å². The SMILES string of the molecule is CCNC(=NCc1cc(C(C)C)no1)NCCOc1cccc(Cl)c1. The first-order chi connectivity index (χ1) is 12.1. The van der Waals surface area contributed by atoms with Crippen molar-refractivity contribution in [3.8, 4) is 5.75 Å². The average molecular weight is 365 g/mol. The molecule has 0 unspecified atom stereocenters. The molecule has 0 saturated carbocycles. The number of guanidine groups is 1. The molecule has 1 heterocycles. The zero-order valence-electron chi connectivity index (χ0n) is 14.9. The van der Waals surface area contributed by atoms with Crippen molar-refractivity contribution in [3.63, 3.8) is 0 Å². The Hall–Kier alpha value is -2.21. The Morgan fingerprint density at radius 2 is 2.16 bits per heavy atom. The number of ether oxygens (including phenoxy) is 1. The van der Waals surface area contributed by atoms with Crippen LogP contribution in [0.4, 0.5) is 0 Å². The average Bonchev–Trinajstić information content (AvgIpc) is 3.06. The van der Waals surface area contributed by atoms with E-state index in [1.54, 1.807) is 6.07 Å². The molecule has 6 nitrogen and oxygen atoms in total. The van der Waals surface area contributed by atoms with Gasteiger partial charge in [-0.05, 0) is 31.0 Å². The molecule has 2 aromatic rings. The van der Waals surface area contributed by atoms with Crippen molar-refractivity contribution < 1.29 is 9.26 Å². The van der Waals surface area contributed by atoms with E-state index in [2.05, 4.69) is 34.6 Å². The lowest BCUT2D eigenvalue weighted by Gasteiger charge is -2.11. The summed E-state index contributed by atoms with van der Waals surface area (Å²) in [4.78, 5) is 4.50. The third-order valence-electron chi connectivity index (χ3n) is 3.37. The van der Waals surface area contributed by atoms with E-state index < -0.39 is 0 Å². The van der Waals surface area contributed by atoms with Crippen molar-refractivity contribution in [2.45, 2.75) is 33.2 Å². The van der Waals surface area contributed by atoms with Gasteiger partial charge in [0.05, 0.1) is 12.2 Å². The number of rotatable bonds is 8. The van der Waals surface area contributed by atoms with E-state index in [1.165, 1.54) is 0 Å². The van der Waals surface area contributed by atoms with Crippen molar-refractivity contribution >= 4 is 17.6 Å². The molecule has 0 aliphatic heterocycles. The zero-order valence-corrected chi connectivity index (χ0v) is 15.6. The van der Waals surface area contributed by atoms with Crippen LogP contribution in [0.1, 0.15) is 38.1 Å². The standard InChI is InChI=1S/C18H25ClN4O2/c1-4-20-18(22-12-16-11-17(13(2)3)23-25-16)21-8-9-24-15-7-5-6-14(19)10-15/h5-7,10-11,13H,4,8-9,12H2,1-3H3,(H2,20,21,22). The fraction of sp³-hybridized carbons (Fsp3) is 0.444. The van der Waals surface area contributed by atoms with Gasteiger partial charge in [-0.15, -0.1) is 0 Å². The smallest absolute Gasteiger partial charge is 0.191 e. The fourth-order valence-electron chi connectivity index (χ4n) is 2.07. The molecule has 0 bridgehead atoms. The van der Waals surface area contributed by atoms with E-state index in [0.717, 1.165) is 23.7 Å². The normalized spacial score (nSPS) is 11.6. The Kier molecular flexibility index (Phi) is 7.60. The lowest BCUT2D eigenvalue weighted by molar-refractivity contribution is 0.322. The van der Waals surface area contributed by atoms with Gasteiger partial charge in [0.25, 0.3) is 0 Å². The van der Waals surface area contributed by atoms with Gasteiger partial charge in [-0.25, -0.2) is 4.99 Å². The predicted molar refractivity (Wildman–Crippen MR) is 100 cm³/mol. The van der Waals surface area contributed by atoms with E-state index in [-0.39, 0.29) is 0 Å². The van der Waals surface area contributed by atoms with Gasteiger partial charge in [-0.2, -0.15) is 0 Å². The maximum absolute atomic E-state index is 5.93. The second-order valence-electron chi connectivity index (χ2n) is 5.80. The first-order valence-corrected chi connectivity index (χ1v) is 8.82. The van der Waals surface area contributed by atoms with Crippen LogP contribution in [0.15, 0.2) is 39.8 Å². The molecular formula is C18H25ClN4O2. The van der Waals surface area contributed by atoms with Crippen molar-refractivity contribution in [3.05, 3.63) is 46.8 Å². The van der Waals surface area contributed by atoms with Gasteiger partial charge < -0.3 is 19.9 Å². The molecule has 0 amide bonds. The lowest BCUT2D eigenvalue weighted by Crippen LogP contribution is -2.39. The van der Waals surface area contributed by atoms with Gasteiger partial charge in [0.2, 0.25) is 0 Å². The first kappa shape index (κ1) is 19.1. The number of benzene rings is 1. The number of aromatic nitrogens is 1. The van der Waals surface area contributed by atoms with Gasteiger partial charge in [0.1, 0.15) is 18.9 Å². The molecule has 2 N–H and O–H groups in total. The maximum atomic E-state index is 5.93. The van der Waals surface area contributed by atoms with Crippen LogP contribution in [0, 0.1) is 0 Å². The highest BCUT2D eigenvalue weighted by Gasteiger charge is 2.07. The van der Waals surface area contributed by atoms with Gasteiger partial charge in [0, 0.05) is 17.6 Å². The number of halogens is 1. The molecule has 0 saturated heterocycles. The van der Waals surface area contributed by atoms with Crippen LogP contribution in [0.25, 0.3) is 0 Å². The monoisotopic (exact) mass is 364 g/mol. The summed E-state index contributed by atoms with van der Waals surface area (Å²) in [6, 6.07) is 9.29. The first-order valence-electron chi connectivity index (χ1n) is 8.44. The molecule has 0 radical (unpaired) electrons. The van der Waals surface area contributed by atoms with Gasteiger partial charge in [-0.3, -0.25) is 0 Å². The van der Waals surface area contributed by atoms with Crippen molar-refractivity contribution in [2.24, 2.45) is 4.99 Å². The zero-order chi connectivity index (χ0) is 18.1. The Balaban J connectivity index is 1.80. The highest BCUT2D eigenvalue weighted by Crippen LogP contribution is 2.16.